The lowest BCUT2D eigenvalue weighted by molar-refractivity contribution is 0.0624. The minimum Gasteiger partial charge on any atom is -0.491 e. The highest BCUT2D eigenvalue weighted by Gasteiger charge is 2.15. The summed E-state index contributed by atoms with van der Waals surface area (Å²) in [6.45, 7) is 1.51. The molecule has 0 aliphatic heterocycles. The van der Waals surface area contributed by atoms with Crippen LogP contribution in [-0.2, 0) is 13.1 Å². The van der Waals surface area contributed by atoms with E-state index < -0.39 is 6.10 Å². The molecule has 0 saturated heterocycles. The molecule has 0 saturated carbocycles. The van der Waals surface area contributed by atoms with Crippen molar-refractivity contribution in [3.63, 3.8) is 0 Å². The number of benzene rings is 3. The topological polar surface area (TPSA) is 32.7 Å². The van der Waals surface area contributed by atoms with E-state index in [0.29, 0.717) is 36.0 Å². The van der Waals surface area contributed by atoms with Gasteiger partial charge in [0.15, 0.2) is 0 Å². The highest BCUT2D eigenvalue weighted by atomic mass is 35.5. The molecule has 1 atom stereocenters. The van der Waals surface area contributed by atoms with Crippen LogP contribution in [0.3, 0.4) is 0 Å². The Morgan fingerprint density at radius 1 is 0.893 bits per heavy atom. The van der Waals surface area contributed by atoms with E-state index >= 15 is 0 Å². The molecule has 0 fully saturated rings. The molecule has 0 unspecified atom stereocenters. The van der Waals surface area contributed by atoms with E-state index in [1.807, 2.05) is 41.3 Å². The van der Waals surface area contributed by atoms with Crippen molar-refractivity contribution in [3.8, 4) is 5.75 Å². The zero-order valence-corrected chi connectivity index (χ0v) is 16.2. The first-order valence-corrected chi connectivity index (χ1v) is 9.54. The predicted molar refractivity (Wildman–Crippen MR) is 110 cm³/mol. The van der Waals surface area contributed by atoms with Crippen LogP contribution in [0.2, 0.25) is 5.02 Å². The van der Waals surface area contributed by atoms with Gasteiger partial charge >= 0.3 is 0 Å². The molecular formula is C23H23ClFNO2. The summed E-state index contributed by atoms with van der Waals surface area (Å²) in [5.74, 6) is 0.402. The van der Waals surface area contributed by atoms with Crippen LogP contribution in [0.1, 0.15) is 11.1 Å². The molecule has 0 aliphatic carbocycles. The largest absolute Gasteiger partial charge is 0.491 e. The van der Waals surface area contributed by atoms with Crippen molar-refractivity contribution in [2.45, 2.75) is 19.2 Å². The number of hydrogen-bond donors (Lipinski definition) is 1. The fourth-order valence-corrected chi connectivity index (χ4v) is 3.09. The van der Waals surface area contributed by atoms with Crippen LogP contribution in [-0.4, -0.2) is 29.3 Å². The summed E-state index contributed by atoms with van der Waals surface area (Å²) in [6, 6.07) is 23.6. The lowest BCUT2D eigenvalue weighted by atomic mass is 10.1. The number of hydrogen-bond acceptors (Lipinski definition) is 3. The number of rotatable bonds is 9. The fraction of sp³-hybridized carbons (Fsp3) is 0.217. The lowest BCUT2D eigenvalue weighted by Gasteiger charge is -2.25. The normalized spacial score (nSPS) is 12.1. The van der Waals surface area contributed by atoms with E-state index in [1.54, 1.807) is 36.4 Å². The third-order valence-corrected chi connectivity index (χ3v) is 4.58. The SMILES string of the molecule is O[C@H](COc1ccc(Cl)cc1)CN(Cc1ccccc1)Cc1ccccc1F. The van der Waals surface area contributed by atoms with E-state index in [0.717, 1.165) is 5.56 Å². The van der Waals surface area contributed by atoms with Gasteiger partial charge < -0.3 is 9.84 Å². The van der Waals surface area contributed by atoms with Crippen LogP contribution < -0.4 is 4.74 Å². The maximum Gasteiger partial charge on any atom is 0.127 e. The minimum atomic E-state index is -0.717. The molecule has 28 heavy (non-hydrogen) atoms. The van der Waals surface area contributed by atoms with E-state index in [4.69, 9.17) is 16.3 Å². The molecule has 0 amide bonds. The fourth-order valence-electron chi connectivity index (χ4n) is 2.97. The third-order valence-electron chi connectivity index (χ3n) is 4.33. The molecule has 3 rings (SSSR count). The van der Waals surface area contributed by atoms with E-state index in [-0.39, 0.29) is 12.4 Å². The van der Waals surface area contributed by atoms with Crippen molar-refractivity contribution in [1.29, 1.82) is 0 Å². The Balaban J connectivity index is 1.63. The quantitative estimate of drug-likeness (QED) is 0.554. The molecule has 3 aromatic rings. The van der Waals surface area contributed by atoms with E-state index in [2.05, 4.69) is 0 Å². The summed E-state index contributed by atoms with van der Waals surface area (Å²) >= 11 is 5.87. The Hall–Kier alpha value is -2.40. The maximum absolute atomic E-state index is 14.1. The van der Waals surface area contributed by atoms with Crippen molar-refractivity contribution >= 4 is 11.6 Å². The second-order valence-corrected chi connectivity index (χ2v) is 7.10. The van der Waals surface area contributed by atoms with Crippen LogP contribution in [0.15, 0.2) is 78.9 Å². The maximum atomic E-state index is 14.1. The third kappa shape index (κ3) is 6.34. The minimum absolute atomic E-state index is 0.143. The average Bonchev–Trinajstić information content (AvgIpc) is 2.70. The first-order valence-electron chi connectivity index (χ1n) is 9.16. The van der Waals surface area contributed by atoms with E-state index in [9.17, 15) is 9.50 Å². The van der Waals surface area contributed by atoms with Gasteiger partial charge in [-0.15, -0.1) is 0 Å². The van der Waals surface area contributed by atoms with Gasteiger partial charge in [-0.25, -0.2) is 4.39 Å². The molecular weight excluding hydrogens is 377 g/mol. The first kappa shape index (κ1) is 20.3. The standard InChI is InChI=1S/C23H23ClFNO2/c24-20-10-12-22(13-11-20)28-17-21(27)16-26(14-18-6-2-1-3-7-18)15-19-8-4-5-9-23(19)25/h1-13,21,27H,14-17H2/t21-/m0/s1. The summed E-state index contributed by atoms with van der Waals surface area (Å²) in [5.41, 5.74) is 1.70. The molecule has 1 N–H and O–H groups in total. The molecule has 0 aliphatic rings. The van der Waals surface area contributed by atoms with Gasteiger partial charge in [-0.05, 0) is 35.9 Å². The first-order chi connectivity index (χ1) is 13.6. The molecule has 146 valence electrons. The summed E-state index contributed by atoms with van der Waals surface area (Å²) in [7, 11) is 0. The van der Waals surface area contributed by atoms with Crippen molar-refractivity contribution < 1.29 is 14.2 Å². The van der Waals surface area contributed by atoms with E-state index in [1.165, 1.54) is 6.07 Å². The molecule has 0 bridgehead atoms. The Morgan fingerprint density at radius 2 is 1.57 bits per heavy atom. The van der Waals surface area contributed by atoms with Gasteiger partial charge in [0, 0.05) is 30.2 Å². The van der Waals surface area contributed by atoms with Gasteiger partial charge in [0.05, 0.1) is 0 Å². The Morgan fingerprint density at radius 3 is 2.29 bits per heavy atom. The van der Waals surface area contributed by atoms with Gasteiger partial charge in [0.2, 0.25) is 0 Å². The molecule has 0 heterocycles. The van der Waals surface area contributed by atoms with Crippen molar-refractivity contribution in [1.82, 2.24) is 4.90 Å². The highest BCUT2D eigenvalue weighted by molar-refractivity contribution is 6.30. The average molecular weight is 400 g/mol. The molecule has 5 heteroatoms. The second-order valence-electron chi connectivity index (χ2n) is 6.67. The Kier molecular flexibility index (Phi) is 7.43. The van der Waals surface area contributed by atoms with Crippen LogP contribution in [0, 0.1) is 5.82 Å². The molecule has 0 aromatic heterocycles. The summed E-state index contributed by atoms with van der Waals surface area (Å²) in [6.07, 6.45) is -0.717. The number of nitrogens with zero attached hydrogens (tertiary/aromatic N) is 1. The molecule has 0 radical (unpaired) electrons. The van der Waals surface area contributed by atoms with Crippen molar-refractivity contribution in [2.24, 2.45) is 0 Å². The van der Waals surface area contributed by atoms with Crippen LogP contribution >= 0.6 is 11.6 Å². The Bertz CT molecular complexity index is 858. The van der Waals surface area contributed by atoms with Crippen molar-refractivity contribution in [2.75, 3.05) is 13.2 Å². The summed E-state index contributed by atoms with van der Waals surface area (Å²) < 4.78 is 19.7. The molecule has 0 spiro atoms. The van der Waals surface area contributed by atoms with Crippen molar-refractivity contribution in [3.05, 3.63) is 101 Å². The number of halogens is 2. The predicted octanol–water partition coefficient (Wildman–Crippen LogP) is 4.92. The van der Waals surface area contributed by atoms with Gasteiger partial charge in [0.1, 0.15) is 24.3 Å². The van der Waals surface area contributed by atoms with Crippen LogP contribution in [0.25, 0.3) is 0 Å². The molecule has 3 nitrogen and oxygen atoms in total. The second kappa shape index (κ2) is 10.2. The number of aliphatic hydroxyl groups is 1. The van der Waals surface area contributed by atoms with Gasteiger partial charge in [0.25, 0.3) is 0 Å². The zero-order chi connectivity index (χ0) is 19.8. The smallest absolute Gasteiger partial charge is 0.127 e. The molecule has 3 aromatic carbocycles. The van der Waals surface area contributed by atoms with Gasteiger partial charge in [-0.1, -0.05) is 60.1 Å². The van der Waals surface area contributed by atoms with Crippen LogP contribution in [0.5, 0.6) is 5.75 Å². The van der Waals surface area contributed by atoms with Gasteiger partial charge in [-0.2, -0.15) is 0 Å². The Labute approximate surface area is 170 Å². The number of ether oxygens (including phenoxy) is 1. The van der Waals surface area contributed by atoms with Gasteiger partial charge in [-0.3, -0.25) is 4.90 Å². The monoisotopic (exact) mass is 399 g/mol. The zero-order valence-electron chi connectivity index (χ0n) is 15.5. The number of aliphatic hydroxyl groups excluding tert-OH is 1. The highest BCUT2D eigenvalue weighted by Crippen LogP contribution is 2.17. The summed E-state index contributed by atoms with van der Waals surface area (Å²) in [5, 5.41) is 11.1. The van der Waals surface area contributed by atoms with Crippen LogP contribution in [0.4, 0.5) is 4.39 Å². The lowest BCUT2D eigenvalue weighted by Crippen LogP contribution is -2.35. The summed E-state index contributed by atoms with van der Waals surface area (Å²) in [4.78, 5) is 2.02.